The molecule has 5 nitrogen and oxygen atoms in total. The fraction of sp³-hybridized carbons (Fsp3) is 0.211. The number of hydrogen-bond donors (Lipinski definition) is 1. The van der Waals surface area contributed by atoms with Gasteiger partial charge in [-0.05, 0) is 48.7 Å². The van der Waals surface area contributed by atoms with Gasteiger partial charge in [0.25, 0.3) is 0 Å². The van der Waals surface area contributed by atoms with Crippen LogP contribution < -0.4 is 0 Å². The van der Waals surface area contributed by atoms with Gasteiger partial charge in [-0.25, -0.2) is 9.18 Å². The van der Waals surface area contributed by atoms with E-state index in [9.17, 15) is 9.18 Å². The number of nitrogens with zero attached hydrogens (tertiary/aromatic N) is 3. The lowest BCUT2D eigenvalue weighted by Gasteiger charge is -2.15. The minimum absolute atomic E-state index is 0. The van der Waals surface area contributed by atoms with E-state index in [0.717, 1.165) is 24.2 Å². The molecule has 1 aliphatic rings. The van der Waals surface area contributed by atoms with E-state index in [1.165, 1.54) is 24.3 Å². The van der Waals surface area contributed by atoms with Crippen LogP contribution in [0.4, 0.5) is 4.39 Å². The number of carboxylic acids is 1. The molecule has 3 aromatic rings. The van der Waals surface area contributed by atoms with Crippen LogP contribution in [0.1, 0.15) is 34.6 Å². The first-order valence-electron chi connectivity index (χ1n) is 8.11. The summed E-state index contributed by atoms with van der Waals surface area (Å²) >= 11 is 6.27. The highest BCUT2D eigenvalue weighted by molar-refractivity contribution is 6.33. The Morgan fingerprint density at radius 2 is 1.85 bits per heavy atom. The van der Waals surface area contributed by atoms with Crippen LogP contribution in [0.3, 0.4) is 0 Å². The quantitative estimate of drug-likeness (QED) is 0.692. The molecule has 1 aliphatic carbocycles. The van der Waals surface area contributed by atoms with Crippen molar-refractivity contribution < 1.29 is 14.3 Å². The fourth-order valence-corrected chi connectivity index (χ4v) is 3.61. The Labute approximate surface area is 166 Å². The van der Waals surface area contributed by atoms with Gasteiger partial charge in [-0.1, -0.05) is 23.7 Å². The summed E-state index contributed by atoms with van der Waals surface area (Å²) < 4.78 is 15.1. The van der Waals surface area contributed by atoms with Gasteiger partial charge >= 0.3 is 5.97 Å². The number of aromatic nitrogens is 3. The molecule has 0 aliphatic heterocycles. The number of aromatic carboxylic acids is 1. The monoisotopic (exact) mass is 407 g/mol. The minimum Gasteiger partial charge on any atom is -0.478 e. The summed E-state index contributed by atoms with van der Waals surface area (Å²) in [7, 11) is 1.86. The van der Waals surface area contributed by atoms with Crippen LogP contribution in [0.15, 0.2) is 42.5 Å². The summed E-state index contributed by atoms with van der Waals surface area (Å²) in [6, 6.07) is 11.0. The molecule has 1 N–H and O–H groups in total. The lowest BCUT2D eigenvalue weighted by atomic mass is 9.95. The van der Waals surface area contributed by atoms with Gasteiger partial charge in [0.1, 0.15) is 11.6 Å². The summed E-state index contributed by atoms with van der Waals surface area (Å²) in [6.45, 7) is 0. The second-order valence-electron chi connectivity index (χ2n) is 6.50. The van der Waals surface area contributed by atoms with Crippen molar-refractivity contribution in [2.24, 2.45) is 7.05 Å². The van der Waals surface area contributed by atoms with E-state index in [1.54, 1.807) is 18.2 Å². The first-order valence-corrected chi connectivity index (χ1v) is 8.49. The van der Waals surface area contributed by atoms with E-state index in [0.29, 0.717) is 16.4 Å². The average Bonchev–Trinajstić information content (AvgIpc) is 3.32. The zero-order valence-electron chi connectivity index (χ0n) is 14.3. The van der Waals surface area contributed by atoms with Crippen LogP contribution in [0.5, 0.6) is 0 Å². The van der Waals surface area contributed by atoms with Gasteiger partial charge in [0.05, 0.1) is 16.0 Å². The number of carbonyl (C=O) groups is 1. The van der Waals surface area contributed by atoms with E-state index in [2.05, 4.69) is 10.2 Å². The van der Waals surface area contributed by atoms with Crippen molar-refractivity contribution in [2.45, 2.75) is 18.3 Å². The Morgan fingerprint density at radius 3 is 2.41 bits per heavy atom. The van der Waals surface area contributed by atoms with Gasteiger partial charge < -0.3 is 9.67 Å². The van der Waals surface area contributed by atoms with Crippen molar-refractivity contribution in [2.75, 3.05) is 0 Å². The Balaban J connectivity index is 0.00000210. The number of carboxylic acid groups (broad SMARTS) is 1. The lowest BCUT2D eigenvalue weighted by Crippen LogP contribution is -2.15. The van der Waals surface area contributed by atoms with Crippen LogP contribution in [0.25, 0.3) is 11.4 Å². The predicted molar refractivity (Wildman–Crippen MR) is 102 cm³/mol. The maximum absolute atomic E-state index is 13.2. The third-order valence-corrected chi connectivity index (χ3v) is 5.22. The van der Waals surface area contributed by atoms with Gasteiger partial charge in [0.2, 0.25) is 0 Å². The molecule has 2 aromatic carbocycles. The van der Waals surface area contributed by atoms with Crippen molar-refractivity contribution in [3.8, 4) is 11.4 Å². The fourth-order valence-electron chi connectivity index (χ4n) is 3.35. The Kier molecular flexibility index (Phi) is 4.97. The molecule has 1 fully saturated rings. The first kappa shape index (κ1) is 19.3. The number of halogens is 3. The van der Waals surface area contributed by atoms with Crippen molar-refractivity contribution in [1.82, 2.24) is 14.8 Å². The molecule has 140 valence electrons. The SMILES string of the molecule is Cl.Cn1c(-c2ccc(C(=O)O)cc2Cl)nnc1C1(c2ccc(F)cc2)CC1. The molecule has 0 saturated heterocycles. The second kappa shape index (κ2) is 6.94. The number of benzene rings is 2. The van der Waals surface area contributed by atoms with Crippen molar-refractivity contribution in [3.05, 3.63) is 70.3 Å². The summed E-state index contributed by atoms with van der Waals surface area (Å²) in [5.41, 5.74) is 1.48. The van der Waals surface area contributed by atoms with Gasteiger partial charge in [-0.15, -0.1) is 22.6 Å². The maximum atomic E-state index is 13.2. The number of rotatable bonds is 4. The van der Waals surface area contributed by atoms with E-state index < -0.39 is 5.97 Å². The van der Waals surface area contributed by atoms with Gasteiger partial charge in [0, 0.05) is 12.6 Å². The summed E-state index contributed by atoms with van der Waals surface area (Å²) in [5, 5.41) is 18.0. The molecular weight excluding hydrogens is 392 g/mol. The van der Waals surface area contributed by atoms with E-state index >= 15 is 0 Å². The molecule has 0 amide bonds. The summed E-state index contributed by atoms with van der Waals surface area (Å²) in [5.74, 6) is 0.0478. The molecule has 0 unspecified atom stereocenters. The smallest absolute Gasteiger partial charge is 0.335 e. The largest absolute Gasteiger partial charge is 0.478 e. The van der Waals surface area contributed by atoms with E-state index in [1.807, 2.05) is 11.6 Å². The summed E-state index contributed by atoms with van der Waals surface area (Å²) in [6.07, 6.45) is 1.83. The topological polar surface area (TPSA) is 68.0 Å². The second-order valence-corrected chi connectivity index (χ2v) is 6.90. The molecule has 8 heteroatoms. The molecule has 0 atom stereocenters. The Bertz CT molecular complexity index is 1010. The molecule has 1 saturated carbocycles. The normalized spacial score (nSPS) is 14.5. The molecular formula is C19H16Cl2FN3O2. The van der Waals surface area contributed by atoms with Crippen molar-refractivity contribution in [3.63, 3.8) is 0 Å². The molecule has 0 radical (unpaired) electrons. The van der Waals surface area contributed by atoms with Crippen molar-refractivity contribution in [1.29, 1.82) is 0 Å². The Morgan fingerprint density at radius 1 is 1.19 bits per heavy atom. The summed E-state index contributed by atoms with van der Waals surface area (Å²) in [4.78, 5) is 11.1. The van der Waals surface area contributed by atoms with Crippen molar-refractivity contribution >= 4 is 30.0 Å². The molecule has 1 aromatic heterocycles. The molecule has 0 bridgehead atoms. The van der Waals surface area contributed by atoms with Crippen LogP contribution in [0, 0.1) is 5.82 Å². The molecule has 4 rings (SSSR count). The third kappa shape index (κ3) is 3.19. The Hall–Kier alpha value is -2.44. The maximum Gasteiger partial charge on any atom is 0.335 e. The number of hydrogen-bond acceptors (Lipinski definition) is 3. The van der Waals surface area contributed by atoms with Gasteiger partial charge in [-0.2, -0.15) is 0 Å². The lowest BCUT2D eigenvalue weighted by molar-refractivity contribution is 0.0697. The highest BCUT2D eigenvalue weighted by Gasteiger charge is 2.50. The van der Waals surface area contributed by atoms with Gasteiger partial charge in [-0.3, -0.25) is 0 Å². The minimum atomic E-state index is -1.04. The average molecular weight is 408 g/mol. The molecule has 0 spiro atoms. The van der Waals surface area contributed by atoms with E-state index in [4.69, 9.17) is 16.7 Å². The van der Waals surface area contributed by atoms with Crippen LogP contribution in [-0.4, -0.2) is 25.8 Å². The predicted octanol–water partition coefficient (Wildman–Crippen LogP) is 4.47. The van der Waals surface area contributed by atoms with Crippen LogP contribution in [-0.2, 0) is 12.5 Å². The van der Waals surface area contributed by atoms with Crippen LogP contribution >= 0.6 is 24.0 Å². The standard InChI is InChI=1S/C19H15ClFN3O2.ClH/c1-24-16(14-7-2-11(17(25)26)10-15(14)20)22-23-18(24)19(8-9-19)12-3-5-13(21)6-4-12;/h2-7,10H,8-9H2,1H3,(H,25,26);1H. The first-order chi connectivity index (χ1) is 12.4. The highest BCUT2D eigenvalue weighted by Crippen LogP contribution is 2.53. The zero-order chi connectivity index (χ0) is 18.5. The zero-order valence-corrected chi connectivity index (χ0v) is 15.9. The highest BCUT2D eigenvalue weighted by atomic mass is 35.5. The molecule has 1 heterocycles. The van der Waals surface area contributed by atoms with E-state index in [-0.39, 0.29) is 29.2 Å². The third-order valence-electron chi connectivity index (χ3n) is 4.91. The van der Waals surface area contributed by atoms with Crippen LogP contribution in [0.2, 0.25) is 5.02 Å². The van der Waals surface area contributed by atoms with Gasteiger partial charge in [0.15, 0.2) is 5.82 Å². The molecule has 27 heavy (non-hydrogen) atoms.